The highest BCUT2D eigenvalue weighted by Crippen LogP contribution is 2.27. The summed E-state index contributed by atoms with van der Waals surface area (Å²) < 4.78 is 35.9. The fourth-order valence-corrected chi connectivity index (χ4v) is 2.44. The number of anilines is 2. The van der Waals surface area contributed by atoms with Gasteiger partial charge in [-0.25, -0.2) is 4.98 Å². The molecular weight excluding hydrogens is 305 g/mol. The van der Waals surface area contributed by atoms with E-state index < -0.39 is 18.5 Å². The van der Waals surface area contributed by atoms with Crippen LogP contribution in [-0.4, -0.2) is 37.2 Å². The van der Waals surface area contributed by atoms with Gasteiger partial charge in [-0.05, 0) is 19.8 Å². The molecule has 3 N–H and O–H groups in total. The number of nitrogens with two attached hydrogens (primary N) is 1. The van der Waals surface area contributed by atoms with Crippen LogP contribution in [0.5, 0.6) is 0 Å². The summed E-state index contributed by atoms with van der Waals surface area (Å²) in [5.74, 6) is -0.254. The van der Waals surface area contributed by atoms with E-state index in [0.29, 0.717) is 10.0 Å². The van der Waals surface area contributed by atoms with Crippen LogP contribution in [0.1, 0.15) is 35.9 Å². The minimum Gasteiger partial charge on any atom is -0.382 e. The maximum atomic E-state index is 12.0. The van der Waals surface area contributed by atoms with Gasteiger partial charge in [-0.2, -0.15) is 13.2 Å². The Labute approximate surface area is 125 Å². The van der Waals surface area contributed by atoms with Crippen LogP contribution in [0.4, 0.5) is 24.1 Å². The van der Waals surface area contributed by atoms with E-state index in [1.807, 2.05) is 18.9 Å². The first-order chi connectivity index (χ1) is 9.74. The molecule has 21 heavy (non-hydrogen) atoms. The molecule has 1 amide bonds. The lowest BCUT2D eigenvalue weighted by Crippen LogP contribution is -2.24. The maximum absolute atomic E-state index is 12.0. The largest absolute Gasteiger partial charge is 0.389 e. The monoisotopic (exact) mass is 324 g/mol. The molecule has 0 saturated carbocycles. The van der Waals surface area contributed by atoms with Crippen LogP contribution in [0.2, 0.25) is 0 Å². The molecule has 0 aliphatic carbocycles. The van der Waals surface area contributed by atoms with E-state index >= 15 is 0 Å². The first-order valence-corrected chi connectivity index (χ1v) is 7.38. The van der Waals surface area contributed by atoms with Gasteiger partial charge in [0.1, 0.15) is 10.7 Å². The molecule has 0 aliphatic heterocycles. The lowest BCUT2D eigenvalue weighted by Gasteiger charge is -2.10. The van der Waals surface area contributed by atoms with Gasteiger partial charge in [0.15, 0.2) is 5.13 Å². The topological polar surface area (TPSA) is 71.2 Å². The van der Waals surface area contributed by atoms with E-state index in [9.17, 15) is 18.0 Å². The number of thiazole rings is 1. The average molecular weight is 324 g/mol. The third kappa shape index (κ3) is 5.78. The number of alkyl halides is 3. The van der Waals surface area contributed by atoms with Crippen molar-refractivity contribution in [2.45, 2.75) is 32.4 Å². The Morgan fingerprint density at radius 2 is 2.10 bits per heavy atom. The molecule has 0 spiro atoms. The third-order valence-corrected chi connectivity index (χ3v) is 4.01. The van der Waals surface area contributed by atoms with E-state index in [1.165, 1.54) is 11.3 Å². The summed E-state index contributed by atoms with van der Waals surface area (Å²) in [4.78, 5) is 18.1. The molecule has 0 fully saturated rings. The Morgan fingerprint density at radius 3 is 2.67 bits per heavy atom. The number of rotatable bonds is 7. The summed E-state index contributed by atoms with van der Waals surface area (Å²) in [7, 11) is 1.83. The number of carbonyl (C=O) groups is 1. The van der Waals surface area contributed by atoms with Gasteiger partial charge >= 0.3 is 6.18 Å². The average Bonchev–Trinajstić information content (AvgIpc) is 2.78. The Morgan fingerprint density at radius 1 is 1.43 bits per heavy atom. The molecule has 120 valence electrons. The normalized spacial score (nSPS) is 11.5. The molecule has 1 heterocycles. The van der Waals surface area contributed by atoms with E-state index in [4.69, 9.17) is 5.73 Å². The van der Waals surface area contributed by atoms with E-state index in [1.54, 1.807) is 0 Å². The fourth-order valence-electron chi connectivity index (χ4n) is 1.51. The van der Waals surface area contributed by atoms with Crippen LogP contribution in [-0.2, 0) is 0 Å². The van der Waals surface area contributed by atoms with Crippen molar-refractivity contribution in [1.82, 2.24) is 10.3 Å². The lowest BCUT2D eigenvalue weighted by molar-refractivity contribution is -0.135. The van der Waals surface area contributed by atoms with Crippen LogP contribution in [0.3, 0.4) is 0 Å². The molecule has 5 nitrogen and oxygen atoms in total. The van der Waals surface area contributed by atoms with Crippen molar-refractivity contribution < 1.29 is 18.0 Å². The Kier molecular flexibility index (Phi) is 6.25. The zero-order valence-electron chi connectivity index (χ0n) is 12.0. The molecule has 0 saturated heterocycles. The van der Waals surface area contributed by atoms with E-state index in [0.717, 1.165) is 6.54 Å². The van der Waals surface area contributed by atoms with Crippen molar-refractivity contribution in [3.63, 3.8) is 0 Å². The van der Waals surface area contributed by atoms with Gasteiger partial charge < -0.3 is 16.0 Å². The Balaban J connectivity index is 2.44. The highest BCUT2D eigenvalue weighted by Gasteiger charge is 2.25. The second-order valence-electron chi connectivity index (χ2n) is 4.55. The van der Waals surface area contributed by atoms with Gasteiger partial charge in [-0.1, -0.05) is 11.3 Å². The number of nitrogens with one attached hydrogen (secondary N) is 1. The summed E-state index contributed by atoms with van der Waals surface area (Å²) in [5, 5.41) is 3.20. The molecule has 0 bridgehead atoms. The highest BCUT2D eigenvalue weighted by atomic mass is 32.1. The molecule has 0 radical (unpaired) electrons. The smallest absolute Gasteiger partial charge is 0.382 e. The zero-order valence-corrected chi connectivity index (χ0v) is 12.8. The summed E-state index contributed by atoms with van der Waals surface area (Å²) in [6, 6.07) is 0. The maximum Gasteiger partial charge on any atom is 0.389 e. The Bertz CT molecular complexity index is 476. The predicted molar refractivity (Wildman–Crippen MR) is 77.7 cm³/mol. The number of nitrogens with zero attached hydrogens (tertiary/aromatic N) is 2. The molecule has 9 heteroatoms. The first-order valence-electron chi connectivity index (χ1n) is 6.57. The van der Waals surface area contributed by atoms with Crippen LogP contribution in [0.25, 0.3) is 0 Å². The van der Waals surface area contributed by atoms with Gasteiger partial charge in [-0.15, -0.1) is 0 Å². The summed E-state index contributed by atoms with van der Waals surface area (Å²) in [6.07, 6.45) is -4.72. The molecule has 0 aromatic carbocycles. The quantitative estimate of drug-likeness (QED) is 0.757. The van der Waals surface area contributed by atoms with Gasteiger partial charge in [0.05, 0.1) is 0 Å². The van der Waals surface area contributed by atoms with Crippen LogP contribution < -0.4 is 16.0 Å². The number of unbranched alkanes of at least 4 members (excludes halogenated alkanes) is 1. The minimum absolute atomic E-state index is 0.00816. The van der Waals surface area contributed by atoms with Crippen LogP contribution >= 0.6 is 11.3 Å². The molecule has 1 rings (SSSR count). The van der Waals surface area contributed by atoms with Crippen molar-refractivity contribution in [2.75, 3.05) is 30.8 Å². The molecule has 0 unspecified atom stereocenters. The van der Waals surface area contributed by atoms with Crippen molar-refractivity contribution in [3.05, 3.63) is 4.88 Å². The molecule has 1 aromatic rings. The fraction of sp³-hybridized carbons (Fsp3) is 0.667. The molecular formula is C12H19F3N4OS. The number of hydrogen-bond donors (Lipinski definition) is 2. The highest BCUT2D eigenvalue weighted by molar-refractivity contribution is 7.18. The van der Waals surface area contributed by atoms with Gasteiger partial charge in [0.25, 0.3) is 5.91 Å². The summed E-state index contributed by atoms with van der Waals surface area (Å²) in [5.41, 5.74) is 5.69. The standard InChI is InChI=1S/C12H19F3N4OS/c1-3-19(2)11-18-9(16)8(21-11)10(20)17-7-5-4-6-12(13,14)15/h3-7,16H2,1-2H3,(H,17,20). The summed E-state index contributed by atoms with van der Waals surface area (Å²) >= 11 is 1.17. The van der Waals surface area contributed by atoms with Crippen LogP contribution in [0, 0.1) is 0 Å². The zero-order chi connectivity index (χ0) is 16.0. The summed E-state index contributed by atoms with van der Waals surface area (Å²) in [6.45, 7) is 2.86. The van der Waals surface area contributed by atoms with Gasteiger partial charge in [-0.3, -0.25) is 4.79 Å². The third-order valence-electron chi connectivity index (χ3n) is 2.82. The molecule has 0 atom stereocenters. The van der Waals surface area contributed by atoms with Gasteiger partial charge in [0.2, 0.25) is 0 Å². The number of nitrogen functional groups attached to an aromatic ring is 1. The van der Waals surface area contributed by atoms with Crippen LogP contribution in [0.15, 0.2) is 0 Å². The minimum atomic E-state index is -4.15. The SMILES string of the molecule is CCN(C)c1nc(N)c(C(=O)NCCCCC(F)(F)F)s1. The number of hydrogen-bond acceptors (Lipinski definition) is 5. The number of carbonyl (C=O) groups excluding carboxylic acids is 1. The molecule has 0 aliphatic rings. The van der Waals surface area contributed by atoms with E-state index in [2.05, 4.69) is 10.3 Å². The Hall–Kier alpha value is -1.51. The van der Waals surface area contributed by atoms with Crippen molar-refractivity contribution in [1.29, 1.82) is 0 Å². The lowest BCUT2D eigenvalue weighted by atomic mass is 10.2. The second kappa shape index (κ2) is 7.48. The van der Waals surface area contributed by atoms with Crippen molar-refractivity contribution >= 4 is 28.2 Å². The van der Waals surface area contributed by atoms with Crippen molar-refractivity contribution in [2.24, 2.45) is 0 Å². The van der Waals surface area contributed by atoms with Gasteiger partial charge in [0, 0.05) is 26.6 Å². The first kappa shape index (κ1) is 17.5. The molecule has 1 aromatic heterocycles. The number of halogens is 3. The van der Waals surface area contributed by atoms with Crippen molar-refractivity contribution in [3.8, 4) is 0 Å². The van der Waals surface area contributed by atoms with E-state index in [-0.39, 0.29) is 25.2 Å². The predicted octanol–water partition coefficient (Wildman–Crippen LogP) is 2.64. The number of aromatic nitrogens is 1. The second-order valence-corrected chi connectivity index (χ2v) is 5.53. The number of amides is 1.